The van der Waals surface area contributed by atoms with Gasteiger partial charge in [0, 0.05) is 35.3 Å². The van der Waals surface area contributed by atoms with Gasteiger partial charge < -0.3 is 10.2 Å². The molecule has 0 unspecified atom stereocenters. The van der Waals surface area contributed by atoms with Gasteiger partial charge in [0.1, 0.15) is 6.04 Å². The van der Waals surface area contributed by atoms with E-state index >= 15 is 0 Å². The Bertz CT molecular complexity index is 1130. The lowest BCUT2D eigenvalue weighted by Gasteiger charge is -2.31. The van der Waals surface area contributed by atoms with Crippen LogP contribution in [0.5, 0.6) is 0 Å². The molecule has 0 aliphatic heterocycles. The monoisotopic (exact) mass is 542 g/mol. The fourth-order valence-electron chi connectivity index (χ4n) is 3.86. The molecule has 0 aliphatic carbocycles. The number of halogens is 2. The maximum atomic E-state index is 13.6. The molecule has 4 nitrogen and oxygen atoms in total. The lowest BCUT2D eigenvalue weighted by molar-refractivity contribution is -0.139. The Hall–Kier alpha value is -2.47. The third-order valence-electron chi connectivity index (χ3n) is 5.73. The van der Waals surface area contributed by atoms with Crippen LogP contribution in [0.15, 0.2) is 78.9 Å². The van der Waals surface area contributed by atoms with Gasteiger partial charge in [0.25, 0.3) is 0 Å². The van der Waals surface area contributed by atoms with Crippen LogP contribution in [-0.2, 0) is 28.3 Å². The van der Waals surface area contributed by atoms with Crippen molar-refractivity contribution in [1.29, 1.82) is 0 Å². The first-order valence-electron chi connectivity index (χ1n) is 12.1. The summed E-state index contributed by atoms with van der Waals surface area (Å²) >= 11 is 13.9. The van der Waals surface area contributed by atoms with Gasteiger partial charge in [-0.2, -0.15) is 0 Å². The van der Waals surface area contributed by atoms with E-state index in [0.717, 1.165) is 29.5 Å². The molecule has 0 saturated carbocycles. The highest BCUT2D eigenvalue weighted by Crippen LogP contribution is 2.21. The largest absolute Gasteiger partial charge is 0.354 e. The molecule has 0 bridgehead atoms. The average Bonchev–Trinajstić information content (AvgIpc) is 2.87. The first-order chi connectivity index (χ1) is 17.5. The maximum Gasteiger partial charge on any atom is 0.243 e. The molecule has 0 aromatic heterocycles. The predicted octanol–water partition coefficient (Wildman–Crippen LogP) is 6.78. The Labute approximate surface area is 228 Å². The summed E-state index contributed by atoms with van der Waals surface area (Å²) in [4.78, 5) is 28.7. The summed E-state index contributed by atoms with van der Waals surface area (Å²) in [5.41, 5.74) is 2.94. The normalized spacial score (nSPS) is 11.6. The zero-order valence-corrected chi connectivity index (χ0v) is 22.8. The Morgan fingerprint density at radius 2 is 1.53 bits per heavy atom. The van der Waals surface area contributed by atoms with E-state index in [0.29, 0.717) is 35.3 Å². The lowest BCUT2D eigenvalue weighted by Crippen LogP contribution is -2.51. The minimum Gasteiger partial charge on any atom is -0.354 e. The molecular weight excluding hydrogens is 511 g/mol. The molecule has 1 atom stereocenters. The highest BCUT2D eigenvalue weighted by molar-refractivity contribution is 7.99. The van der Waals surface area contributed by atoms with Crippen molar-refractivity contribution in [2.45, 2.75) is 44.5 Å². The Balaban J connectivity index is 1.83. The van der Waals surface area contributed by atoms with E-state index in [-0.39, 0.29) is 17.6 Å². The molecule has 1 N–H and O–H groups in total. The fourth-order valence-corrected chi connectivity index (χ4v) is 5.14. The van der Waals surface area contributed by atoms with E-state index in [9.17, 15) is 9.59 Å². The summed E-state index contributed by atoms with van der Waals surface area (Å²) in [5, 5.41) is 4.32. The molecule has 7 heteroatoms. The van der Waals surface area contributed by atoms with Gasteiger partial charge in [-0.15, -0.1) is 11.8 Å². The number of nitrogens with zero attached hydrogens (tertiary/aromatic N) is 1. The van der Waals surface area contributed by atoms with Gasteiger partial charge in [-0.25, -0.2) is 0 Å². The first kappa shape index (κ1) is 28.1. The van der Waals surface area contributed by atoms with Crippen LogP contribution in [0.2, 0.25) is 10.0 Å². The molecule has 0 radical (unpaired) electrons. The third-order valence-corrected chi connectivity index (χ3v) is 7.18. The number of carbonyl (C=O) groups is 2. The topological polar surface area (TPSA) is 49.4 Å². The van der Waals surface area contributed by atoms with Crippen LogP contribution in [0.1, 0.15) is 36.5 Å². The zero-order chi connectivity index (χ0) is 25.8. The number of hydrogen-bond donors (Lipinski definition) is 1. The van der Waals surface area contributed by atoms with Crippen molar-refractivity contribution in [3.63, 3.8) is 0 Å². The molecule has 0 saturated heterocycles. The van der Waals surface area contributed by atoms with E-state index in [4.69, 9.17) is 23.2 Å². The van der Waals surface area contributed by atoms with Crippen LogP contribution >= 0.6 is 35.0 Å². The molecule has 3 rings (SSSR count). The number of hydrogen-bond acceptors (Lipinski definition) is 3. The number of rotatable bonds is 13. The number of amides is 2. The summed E-state index contributed by atoms with van der Waals surface area (Å²) in [5.74, 6) is 0.681. The molecule has 0 aliphatic rings. The van der Waals surface area contributed by atoms with Crippen molar-refractivity contribution in [3.05, 3.63) is 106 Å². The second-order valence-corrected chi connectivity index (χ2v) is 10.5. The van der Waals surface area contributed by atoms with Gasteiger partial charge in [0.05, 0.1) is 5.75 Å². The second-order valence-electron chi connectivity index (χ2n) is 8.62. The first-order valence-corrected chi connectivity index (χ1v) is 14.0. The van der Waals surface area contributed by atoms with E-state index in [1.165, 1.54) is 11.8 Å². The number of benzene rings is 3. The zero-order valence-electron chi connectivity index (χ0n) is 20.5. The van der Waals surface area contributed by atoms with Gasteiger partial charge in [-0.05, 0) is 47.4 Å². The van der Waals surface area contributed by atoms with Crippen molar-refractivity contribution < 1.29 is 9.59 Å². The lowest BCUT2D eigenvalue weighted by atomic mass is 10.0. The molecule has 3 aromatic rings. The molecule has 2 amide bonds. The number of carbonyl (C=O) groups excluding carboxylic acids is 2. The molecular formula is C29H32Cl2N2O2S. The van der Waals surface area contributed by atoms with Crippen LogP contribution in [-0.4, -0.2) is 35.1 Å². The maximum absolute atomic E-state index is 13.6. The number of unbranched alkanes of at least 4 members (excludes halogenated alkanes) is 1. The van der Waals surface area contributed by atoms with Crippen molar-refractivity contribution in [2.24, 2.45) is 0 Å². The van der Waals surface area contributed by atoms with Crippen molar-refractivity contribution in [2.75, 3.05) is 12.3 Å². The van der Waals surface area contributed by atoms with Crippen LogP contribution in [0, 0.1) is 0 Å². The molecule has 36 heavy (non-hydrogen) atoms. The SMILES string of the molecule is CCCCNC(=O)[C@@H](Cc1ccccc1)N(Cc1cccc(Cl)c1)C(=O)CSCc1cccc(Cl)c1. The number of nitrogens with one attached hydrogen (secondary N) is 1. The summed E-state index contributed by atoms with van der Waals surface area (Å²) < 4.78 is 0. The molecule has 0 fully saturated rings. The van der Waals surface area contributed by atoms with Crippen LogP contribution in [0.3, 0.4) is 0 Å². The summed E-state index contributed by atoms with van der Waals surface area (Å²) in [6.45, 7) is 2.97. The van der Waals surface area contributed by atoms with Gasteiger partial charge in [0.2, 0.25) is 11.8 Å². The molecule has 0 heterocycles. The van der Waals surface area contributed by atoms with Crippen molar-refractivity contribution in [1.82, 2.24) is 10.2 Å². The van der Waals surface area contributed by atoms with E-state index in [1.54, 1.807) is 11.0 Å². The second kappa shape index (κ2) is 14.9. The van der Waals surface area contributed by atoms with E-state index in [1.807, 2.05) is 72.8 Å². The average molecular weight is 544 g/mol. The van der Waals surface area contributed by atoms with Gasteiger partial charge >= 0.3 is 0 Å². The van der Waals surface area contributed by atoms with Crippen LogP contribution in [0.4, 0.5) is 0 Å². The highest BCUT2D eigenvalue weighted by atomic mass is 35.5. The molecule has 3 aromatic carbocycles. The quantitative estimate of drug-likeness (QED) is 0.242. The minimum absolute atomic E-state index is 0.0893. The predicted molar refractivity (Wildman–Crippen MR) is 151 cm³/mol. The Morgan fingerprint density at radius 1 is 0.889 bits per heavy atom. The van der Waals surface area contributed by atoms with Crippen molar-refractivity contribution in [3.8, 4) is 0 Å². The van der Waals surface area contributed by atoms with Crippen molar-refractivity contribution >= 4 is 46.8 Å². The highest BCUT2D eigenvalue weighted by Gasteiger charge is 2.30. The minimum atomic E-state index is -0.637. The fraction of sp³-hybridized carbons (Fsp3) is 0.310. The third kappa shape index (κ3) is 9.20. The standard InChI is InChI=1S/C29H32Cl2N2O2S/c1-2-3-15-32-29(35)27(18-22-9-5-4-6-10-22)33(19-23-11-7-13-25(30)16-23)28(34)21-36-20-24-12-8-14-26(31)17-24/h4-14,16-17,27H,2-3,15,18-21H2,1H3,(H,32,35)/t27-/m1/s1. The number of thioether (sulfide) groups is 1. The van der Waals surface area contributed by atoms with E-state index in [2.05, 4.69) is 12.2 Å². The molecule has 0 spiro atoms. The smallest absolute Gasteiger partial charge is 0.243 e. The Kier molecular flexibility index (Phi) is 11.7. The van der Waals surface area contributed by atoms with Crippen LogP contribution < -0.4 is 5.32 Å². The Morgan fingerprint density at radius 3 is 2.19 bits per heavy atom. The van der Waals surface area contributed by atoms with Gasteiger partial charge in [-0.3, -0.25) is 9.59 Å². The van der Waals surface area contributed by atoms with Crippen LogP contribution in [0.25, 0.3) is 0 Å². The van der Waals surface area contributed by atoms with Gasteiger partial charge in [0.15, 0.2) is 0 Å². The summed E-state index contributed by atoms with van der Waals surface area (Å²) in [6, 6.07) is 24.3. The summed E-state index contributed by atoms with van der Waals surface area (Å²) in [7, 11) is 0. The summed E-state index contributed by atoms with van der Waals surface area (Å²) in [6.07, 6.45) is 2.31. The van der Waals surface area contributed by atoms with Gasteiger partial charge in [-0.1, -0.05) is 91.1 Å². The van der Waals surface area contributed by atoms with E-state index < -0.39 is 6.04 Å². The molecule has 190 valence electrons.